The van der Waals surface area contributed by atoms with Gasteiger partial charge in [0.1, 0.15) is 18.4 Å². The molecule has 4 N–H and O–H groups in total. The van der Waals surface area contributed by atoms with Gasteiger partial charge in [0.25, 0.3) is 0 Å². The summed E-state index contributed by atoms with van der Waals surface area (Å²) in [5.74, 6) is -2.26. The number of halogens is 1. The Labute approximate surface area is 282 Å². The van der Waals surface area contributed by atoms with Crippen molar-refractivity contribution in [1.82, 2.24) is 20.2 Å². The normalized spacial score (nSPS) is 14.9. The van der Waals surface area contributed by atoms with Gasteiger partial charge in [0, 0.05) is 61.1 Å². The van der Waals surface area contributed by atoms with Crippen LogP contribution in [-0.4, -0.2) is 75.9 Å². The molecule has 14 heteroatoms. The highest BCUT2D eigenvalue weighted by Crippen LogP contribution is 2.30. The Morgan fingerprint density at radius 3 is 2.48 bits per heavy atom. The first-order valence-electron chi connectivity index (χ1n) is 14.6. The third-order valence-electron chi connectivity index (χ3n) is 6.40. The minimum atomic E-state index is -1.26. The fourth-order valence-electron chi connectivity index (χ4n) is 4.34. The van der Waals surface area contributed by atoms with Gasteiger partial charge in [0.2, 0.25) is 5.91 Å². The summed E-state index contributed by atoms with van der Waals surface area (Å²) >= 11 is 6.51. The molecule has 3 aromatic rings. The molecule has 0 bridgehead atoms. The van der Waals surface area contributed by atoms with E-state index in [9.17, 15) is 19.6 Å². The molecule has 1 aromatic carbocycles. The zero-order chi connectivity index (χ0) is 35.1. The number of hydrogen-bond donors (Lipinski definition) is 4. The lowest BCUT2D eigenvalue weighted by molar-refractivity contribution is -0.134. The molecule has 13 nitrogen and oxygen atoms in total. The first-order valence-corrected chi connectivity index (χ1v) is 15.0. The number of aromatic nitrogens is 2. The summed E-state index contributed by atoms with van der Waals surface area (Å²) in [7, 11) is 3.86. The molecule has 1 aliphatic rings. The number of ether oxygens (including phenoxy) is 2. The second kappa shape index (κ2) is 18.0. The summed E-state index contributed by atoms with van der Waals surface area (Å²) in [6, 6.07) is 13.1. The lowest BCUT2D eigenvalue weighted by Crippen LogP contribution is -2.53. The maximum Gasteiger partial charge on any atom is 0.328 e. The van der Waals surface area contributed by atoms with Gasteiger partial charge in [-0.25, -0.2) is 9.59 Å². The number of nitriles is 1. The van der Waals surface area contributed by atoms with Gasteiger partial charge < -0.3 is 35.2 Å². The molecule has 1 aliphatic carbocycles. The van der Waals surface area contributed by atoms with Crippen LogP contribution in [0.2, 0.25) is 5.02 Å². The Balaban J connectivity index is 0.000000694. The van der Waals surface area contributed by atoms with Gasteiger partial charge in [-0.05, 0) is 57.4 Å². The first-order chi connectivity index (χ1) is 22.9. The zero-order valence-electron chi connectivity index (χ0n) is 26.5. The average Bonchev–Trinajstić information content (AvgIpc) is 3.04. The molecule has 0 spiro atoms. The number of likely N-dealkylation sites (N-methyl/N-ethyl adjacent to an activating group) is 1. The van der Waals surface area contributed by atoms with Crippen molar-refractivity contribution in [2.75, 3.05) is 32.6 Å². The molecule has 0 fully saturated rings. The lowest BCUT2D eigenvalue weighted by atomic mass is 10.00. The number of hydrogen-bond acceptors (Lipinski definition) is 10. The van der Waals surface area contributed by atoms with E-state index in [1.807, 2.05) is 56.3 Å². The molecule has 1 unspecified atom stereocenters. The summed E-state index contributed by atoms with van der Waals surface area (Å²) < 4.78 is 11.8. The summed E-state index contributed by atoms with van der Waals surface area (Å²) in [5, 5.41) is 33.5. The monoisotopic (exact) mass is 674 g/mol. The number of amides is 1. The fraction of sp³-hybridized carbons (Fsp3) is 0.235. The maximum atomic E-state index is 12.6. The van der Waals surface area contributed by atoms with E-state index in [4.69, 9.17) is 31.3 Å². The second-order valence-electron chi connectivity index (χ2n) is 10.4. The Kier molecular flexibility index (Phi) is 13.8. The Hall–Kier alpha value is -5.55. The molecule has 2 heterocycles. The average molecular weight is 675 g/mol. The van der Waals surface area contributed by atoms with Crippen molar-refractivity contribution in [3.8, 4) is 11.8 Å². The van der Waals surface area contributed by atoms with E-state index in [0.29, 0.717) is 64.8 Å². The third-order valence-corrected chi connectivity index (χ3v) is 6.69. The van der Waals surface area contributed by atoms with Gasteiger partial charge in [-0.15, -0.1) is 0 Å². The van der Waals surface area contributed by atoms with Crippen LogP contribution < -0.4 is 25.9 Å². The summed E-state index contributed by atoms with van der Waals surface area (Å²) in [6.07, 6.45) is 11.7. The summed E-state index contributed by atoms with van der Waals surface area (Å²) in [5.41, 5.74) is 1.36. The lowest BCUT2D eigenvalue weighted by Gasteiger charge is -2.32. The van der Waals surface area contributed by atoms with E-state index < -0.39 is 17.7 Å². The molecule has 0 saturated heterocycles. The van der Waals surface area contributed by atoms with Gasteiger partial charge >= 0.3 is 11.9 Å². The topological polar surface area (TPSA) is 187 Å². The van der Waals surface area contributed by atoms with E-state index in [1.165, 1.54) is 12.3 Å². The minimum absolute atomic E-state index is 0.268. The van der Waals surface area contributed by atoms with Crippen molar-refractivity contribution in [3.05, 3.63) is 99.9 Å². The van der Waals surface area contributed by atoms with Crippen LogP contribution in [0, 0.1) is 11.3 Å². The van der Waals surface area contributed by atoms with Crippen LogP contribution in [0.4, 0.5) is 11.4 Å². The van der Waals surface area contributed by atoms with Crippen molar-refractivity contribution < 1.29 is 34.1 Å². The van der Waals surface area contributed by atoms with Crippen LogP contribution in [-0.2, 0) is 25.7 Å². The van der Waals surface area contributed by atoms with Gasteiger partial charge in [-0.1, -0.05) is 29.8 Å². The number of aliphatic carboxylic acids is 2. The molecule has 48 heavy (non-hydrogen) atoms. The van der Waals surface area contributed by atoms with Gasteiger partial charge in [-0.3, -0.25) is 14.8 Å². The van der Waals surface area contributed by atoms with E-state index in [0.717, 1.165) is 10.9 Å². The number of benzene rings is 1. The fourth-order valence-corrected chi connectivity index (χ4v) is 4.57. The van der Waals surface area contributed by atoms with Crippen molar-refractivity contribution in [3.63, 3.8) is 0 Å². The Morgan fingerprint density at radius 1 is 1.12 bits per heavy atom. The van der Waals surface area contributed by atoms with Crippen molar-refractivity contribution in [1.29, 1.82) is 5.26 Å². The van der Waals surface area contributed by atoms with Gasteiger partial charge in [-0.2, -0.15) is 5.26 Å². The van der Waals surface area contributed by atoms with Crippen LogP contribution >= 0.6 is 11.6 Å². The molecular formula is C34H35ClN6O7. The number of nitrogens with one attached hydrogen (secondary N) is 2. The molecule has 250 valence electrons. The number of anilines is 2. The maximum absolute atomic E-state index is 12.6. The SMILES string of the molecule is CCOC1(NC(=O)C=CCN(C)C)C=c2ncc(C#N)c(Nc3ccc(OCc4ccccn4)c(Cl)c3)c2=CC1.O=C(O)C=CC(=O)O. The number of pyridine rings is 2. The quantitative estimate of drug-likeness (QED) is 0.154. The van der Waals surface area contributed by atoms with Gasteiger partial charge in [0.05, 0.1) is 27.3 Å². The molecule has 2 aromatic heterocycles. The zero-order valence-corrected chi connectivity index (χ0v) is 27.3. The second-order valence-corrected chi connectivity index (χ2v) is 10.8. The van der Waals surface area contributed by atoms with Crippen molar-refractivity contribution in [2.24, 2.45) is 0 Å². The number of fused-ring (bicyclic) bond motifs is 1. The van der Waals surface area contributed by atoms with Gasteiger partial charge in [0.15, 0.2) is 5.72 Å². The Morgan fingerprint density at radius 2 is 1.88 bits per heavy atom. The molecule has 0 saturated carbocycles. The smallest absolute Gasteiger partial charge is 0.328 e. The van der Waals surface area contributed by atoms with Crippen molar-refractivity contribution in [2.45, 2.75) is 25.7 Å². The van der Waals surface area contributed by atoms with Crippen LogP contribution in [0.15, 0.2) is 73.1 Å². The van der Waals surface area contributed by atoms with Crippen molar-refractivity contribution >= 4 is 53.0 Å². The molecule has 1 atom stereocenters. The third kappa shape index (κ3) is 11.4. The Bertz CT molecular complexity index is 1820. The predicted molar refractivity (Wildman–Crippen MR) is 180 cm³/mol. The molecule has 4 rings (SSSR count). The highest BCUT2D eigenvalue weighted by Gasteiger charge is 2.31. The minimum Gasteiger partial charge on any atom is -0.486 e. The van der Waals surface area contributed by atoms with Crippen LogP contribution in [0.5, 0.6) is 5.75 Å². The highest BCUT2D eigenvalue weighted by atomic mass is 35.5. The number of carbonyl (C=O) groups is 3. The van der Waals surface area contributed by atoms with E-state index in [2.05, 4.69) is 26.7 Å². The summed E-state index contributed by atoms with van der Waals surface area (Å²) in [4.78, 5) is 42.5. The van der Waals surface area contributed by atoms with Crippen LogP contribution in [0.1, 0.15) is 24.6 Å². The standard InChI is InChI=1S/C30H31ClN6O3.C4H4O4/c1-4-40-30(36-28(38)9-7-15-37(2)3)13-12-24-26(17-30)34-19-21(18-32)29(24)35-22-10-11-27(25(31)16-22)39-20-23-8-5-6-14-33-23;5-3(6)1-2-4(7)8/h5-12,14,16-17,19,35H,4,13,15,20H2,1-3H3,(H,36,38);1-2H,(H,5,6)(H,7,8). The first kappa shape index (κ1) is 36.9. The molecule has 1 amide bonds. The van der Waals surface area contributed by atoms with Crippen LogP contribution in [0.25, 0.3) is 12.2 Å². The number of nitrogens with zero attached hydrogens (tertiary/aromatic N) is 4. The summed E-state index contributed by atoms with van der Waals surface area (Å²) in [6.45, 7) is 3.18. The largest absolute Gasteiger partial charge is 0.486 e. The number of rotatable bonds is 13. The predicted octanol–water partition coefficient (Wildman–Crippen LogP) is 2.97. The van der Waals surface area contributed by atoms with E-state index in [-0.39, 0.29) is 12.5 Å². The molecular weight excluding hydrogens is 640 g/mol. The highest BCUT2D eigenvalue weighted by molar-refractivity contribution is 6.32. The number of carboxylic acids is 2. The number of carbonyl (C=O) groups excluding carboxylic acids is 1. The molecule has 0 radical (unpaired) electrons. The van der Waals surface area contributed by atoms with Crippen LogP contribution in [0.3, 0.4) is 0 Å². The van der Waals surface area contributed by atoms with E-state index >= 15 is 0 Å². The molecule has 0 aliphatic heterocycles. The van der Waals surface area contributed by atoms with E-state index in [1.54, 1.807) is 30.5 Å². The number of carboxylic acid groups (broad SMARTS) is 2.